The summed E-state index contributed by atoms with van der Waals surface area (Å²) < 4.78 is 6.07. The normalized spacial score (nSPS) is 14.7. The highest BCUT2D eigenvalue weighted by Crippen LogP contribution is 2.42. The maximum atomic E-state index is 13.8. The second kappa shape index (κ2) is 11.0. The van der Waals surface area contributed by atoms with E-state index in [1.807, 2.05) is 79.4 Å². The van der Waals surface area contributed by atoms with Crippen LogP contribution in [0.25, 0.3) is 33.5 Å². The van der Waals surface area contributed by atoms with Gasteiger partial charge in [-0.05, 0) is 85.2 Å². The summed E-state index contributed by atoms with van der Waals surface area (Å²) in [5.74, 6) is 1.14. The van der Waals surface area contributed by atoms with Gasteiger partial charge in [-0.25, -0.2) is 9.97 Å². The minimum Gasteiger partial charge on any atom is -0.491 e. The van der Waals surface area contributed by atoms with E-state index in [4.69, 9.17) is 9.72 Å². The lowest BCUT2D eigenvalue weighted by atomic mass is 10.00. The number of fused-ring (bicyclic) bond motifs is 2. The van der Waals surface area contributed by atoms with E-state index in [2.05, 4.69) is 21.4 Å². The van der Waals surface area contributed by atoms with Crippen LogP contribution >= 0.6 is 0 Å². The van der Waals surface area contributed by atoms with E-state index in [9.17, 15) is 9.59 Å². The largest absolute Gasteiger partial charge is 0.491 e. The number of aromatic nitrogens is 3. The van der Waals surface area contributed by atoms with Crippen molar-refractivity contribution in [1.29, 1.82) is 0 Å². The molecule has 0 radical (unpaired) electrons. The molecule has 2 N–H and O–H groups in total. The topological polar surface area (TPSA) is 100 Å². The summed E-state index contributed by atoms with van der Waals surface area (Å²) in [5, 5.41) is 3.79. The van der Waals surface area contributed by atoms with E-state index < -0.39 is 0 Å². The Kier molecular flexibility index (Phi) is 6.89. The van der Waals surface area contributed by atoms with Crippen molar-refractivity contribution < 1.29 is 14.3 Å². The Labute approximate surface area is 250 Å². The number of nitrogens with one attached hydrogen (secondary N) is 2. The van der Waals surface area contributed by atoms with Crippen molar-refractivity contribution in [3.63, 3.8) is 0 Å². The first-order valence-corrected chi connectivity index (χ1v) is 14.9. The first-order valence-electron chi connectivity index (χ1n) is 14.9. The average molecular weight is 572 g/mol. The van der Waals surface area contributed by atoms with Crippen LogP contribution in [0.1, 0.15) is 63.9 Å². The molecule has 5 aromatic rings. The van der Waals surface area contributed by atoms with E-state index in [0.29, 0.717) is 48.1 Å². The second-order valence-electron chi connectivity index (χ2n) is 11.3. The summed E-state index contributed by atoms with van der Waals surface area (Å²) in [6.07, 6.45) is 4.86. The van der Waals surface area contributed by atoms with Gasteiger partial charge in [0, 0.05) is 34.4 Å². The first-order chi connectivity index (χ1) is 21.0. The molecular formula is C35H33N5O3. The summed E-state index contributed by atoms with van der Waals surface area (Å²) in [6, 6.07) is 21.6. The molecule has 1 aliphatic carbocycles. The highest BCUT2D eigenvalue weighted by molar-refractivity contribution is 6.09. The molecular weight excluding hydrogens is 538 g/mol. The molecule has 1 aliphatic heterocycles. The molecule has 8 heteroatoms. The van der Waals surface area contributed by atoms with Gasteiger partial charge in [-0.1, -0.05) is 37.3 Å². The Morgan fingerprint density at radius 1 is 1.05 bits per heavy atom. The van der Waals surface area contributed by atoms with Crippen LogP contribution in [0.3, 0.4) is 0 Å². The molecule has 43 heavy (non-hydrogen) atoms. The van der Waals surface area contributed by atoms with E-state index in [0.717, 1.165) is 45.6 Å². The number of carbonyl (C=O) groups is 2. The van der Waals surface area contributed by atoms with Crippen LogP contribution in [0.15, 0.2) is 73.1 Å². The van der Waals surface area contributed by atoms with Gasteiger partial charge in [-0.15, -0.1) is 0 Å². The lowest BCUT2D eigenvalue weighted by molar-refractivity contribution is 0.0952. The van der Waals surface area contributed by atoms with Crippen LogP contribution in [-0.2, 0) is 0 Å². The first kappa shape index (κ1) is 26.9. The fourth-order valence-corrected chi connectivity index (χ4v) is 5.85. The highest BCUT2D eigenvalue weighted by Gasteiger charge is 2.30. The lowest BCUT2D eigenvalue weighted by Gasteiger charge is -2.23. The third kappa shape index (κ3) is 5.03. The Bertz CT molecular complexity index is 1860. The molecule has 0 atom stereocenters. The van der Waals surface area contributed by atoms with Gasteiger partial charge in [0.2, 0.25) is 0 Å². The van der Waals surface area contributed by atoms with Crippen LogP contribution in [0.4, 0.5) is 5.69 Å². The molecule has 216 valence electrons. The lowest BCUT2D eigenvalue weighted by Crippen LogP contribution is -2.33. The summed E-state index contributed by atoms with van der Waals surface area (Å²) in [4.78, 5) is 40.6. The minimum absolute atomic E-state index is 0.0568. The van der Waals surface area contributed by atoms with Gasteiger partial charge in [-0.2, -0.15) is 0 Å². The number of hydrogen-bond donors (Lipinski definition) is 2. The van der Waals surface area contributed by atoms with Gasteiger partial charge in [0.15, 0.2) is 0 Å². The number of hydrogen-bond acceptors (Lipinski definition) is 5. The van der Waals surface area contributed by atoms with Gasteiger partial charge < -0.3 is 19.9 Å². The summed E-state index contributed by atoms with van der Waals surface area (Å²) in [5.41, 5.74) is 8.54. The molecule has 2 aromatic heterocycles. The summed E-state index contributed by atoms with van der Waals surface area (Å²) >= 11 is 0. The van der Waals surface area contributed by atoms with E-state index in [1.165, 1.54) is 18.4 Å². The van der Waals surface area contributed by atoms with Crippen molar-refractivity contribution in [3.05, 3.63) is 95.3 Å². The molecule has 3 aromatic carbocycles. The van der Waals surface area contributed by atoms with Gasteiger partial charge in [-0.3, -0.25) is 9.59 Å². The van der Waals surface area contributed by atoms with Crippen molar-refractivity contribution in [3.8, 4) is 28.3 Å². The quantitative estimate of drug-likeness (QED) is 0.228. The standard InChI is InChI=1S/C35H33N5O3/c1-3-15-36-34(41)24-11-9-23(10-12-24)29-19-28-32(37-20-38-33(28)39-29)26-5-4-6-30(21(26)2)40-16-17-43-31-18-25(22-7-8-22)13-14-27(31)35(40)42/h4-6,9-14,18-20,22H,3,7-8,15-17H2,1-2H3,(H,36,41)(H,37,38,39). The average Bonchev–Trinajstić information content (AvgIpc) is 3.82. The van der Waals surface area contributed by atoms with Gasteiger partial charge in [0.25, 0.3) is 11.8 Å². The molecule has 0 spiro atoms. The Morgan fingerprint density at radius 3 is 2.67 bits per heavy atom. The van der Waals surface area contributed by atoms with Gasteiger partial charge in [0.05, 0.1) is 17.8 Å². The fraction of sp³-hybridized carbons (Fsp3) is 0.257. The van der Waals surface area contributed by atoms with Gasteiger partial charge >= 0.3 is 0 Å². The van der Waals surface area contributed by atoms with E-state index >= 15 is 0 Å². The smallest absolute Gasteiger partial charge is 0.262 e. The number of anilines is 1. The Morgan fingerprint density at radius 2 is 1.88 bits per heavy atom. The number of amides is 2. The number of nitrogens with zero attached hydrogens (tertiary/aromatic N) is 3. The van der Waals surface area contributed by atoms with Crippen molar-refractivity contribution in [2.45, 2.75) is 39.0 Å². The zero-order valence-electron chi connectivity index (χ0n) is 24.3. The maximum Gasteiger partial charge on any atom is 0.262 e. The molecule has 0 unspecified atom stereocenters. The summed E-state index contributed by atoms with van der Waals surface area (Å²) in [7, 11) is 0. The Balaban J connectivity index is 1.21. The van der Waals surface area contributed by atoms with Crippen LogP contribution in [0.2, 0.25) is 0 Å². The minimum atomic E-state index is -0.0745. The molecule has 0 saturated heterocycles. The van der Waals surface area contributed by atoms with E-state index in [1.54, 1.807) is 6.33 Å². The molecule has 8 nitrogen and oxygen atoms in total. The predicted molar refractivity (Wildman–Crippen MR) is 168 cm³/mol. The van der Waals surface area contributed by atoms with Crippen LogP contribution < -0.4 is 15.0 Å². The zero-order valence-corrected chi connectivity index (χ0v) is 24.3. The second-order valence-corrected chi connectivity index (χ2v) is 11.3. The van der Waals surface area contributed by atoms with E-state index in [-0.39, 0.29) is 11.8 Å². The fourth-order valence-electron chi connectivity index (χ4n) is 5.85. The number of H-pyrrole nitrogens is 1. The SMILES string of the molecule is CCCNC(=O)c1ccc(-c2cc3c(-c4cccc(N5CCOc6cc(C7CC7)ccc6C5=O)c4C)ncnc3[nH]2)cc1. The van der Waals surface area contributed by atoms with Crippen LogP contribution in [-0.4, -0.2) is 46.5 Å². The summed E-state index contributed by atoms with van der Waals surface area (Å²) in [6.45, 7) is 5.59. The molecule has 0 bridgehead atoms. The van der Waals surface area contributed by atoms with Crippen LogP contribution in [0.5, 0.6) is 5.75 Å². The zero-order chi connectivity index (χ0) is 29.5. The number of rotatable bonds is 7. The molecule has 3 heterocycles. The molecule has 2 amide bonds. The maximum absolute atomic E-state index is 13.8. The molecule has 7 rings (SSSR count). The molecule has 1 fully saturated rings. The van der Waals surface area contributed by atoms with Crippen LogP contribution in [0, 0.1) is 6.92 Å². The molecule has 2 aliphatic rings. The monoisotopic (exact) mass is 571 g/mol. The number of aromatic amines is 1. The van der Waals surface area contributed by atoms with Crippen molar-refractivity contribution >= 4 is 28.5 Å². The van der Waals surface area contributed by atoms with Crippen molar-refractivity contribution in [1.82, 2.24) is 20.3 Å². The Hall–Kier alpha value is -4.98. The third-order valence-corrected chi connectivity index (χ3v) is 8.37. The van der Waals surface area contributed by atoms with Crippen molar-refractivity contribution in [2.75, 3.05) is 24.6 Å². The predicted octanol–water partition coefficient (Wildman–Crippen LogP) is 6.66. The number of carbonyl (C=O) groups excluding carboxylic acids is 2. The third-order valence-electron chi connectivity index (χ3n) is 8.37. The van der Waals surface area contributed by atoms with Gasteiger partial charge in [0.1, 0.15) is 24.3 Å². The highest BCUT2D eigenvalue weighted by atomic mass is 16.5. The number of ether oxygens (including phenoxy) is 1. The molecule has 1 saturated carbocycles. The number of benzene rings is 3. The van der Waals surface area contributed by atoms with Crippen molar-refractivity contribution in [2.24, 2.45) is 0 Å².